The third kappa shape index (κ3) is 4.55. The Morgan fingerprint density at radius 1 is 1.20 bits per heavy atom. The predicted octanol–water partition coefficient (Wildman–Crippen LogP) is 4.59. The highest BCUT2D eigenvalue weighted by Crippen LogP contribution is 2.19. The zero-order chi connectivity index (χ0) is 20.9. The average Bonchev–Trinajstić information content (AvgIpc) is 3.48. The van der Waals surface area contributed by atoms with Crippen LogP contribution in [-0.2, 0) is 6.54 Å². The van der Waals surface area contributed by atoms with Crippen LogP contribution in [0.5, 0.6) is 0 Å². The lowest BCUT2D eigenvalue weighted by atomic mass is 10.2. The van der Waals surface area contributed by atoms with Crippen molar-refractivity contribution in [3.05, 3.63) is 83.4 Å². The summed E-state index contributed by atoms with van der Waals surface area (Å²) in [6.07, 6.45) is 12.9. The van der Waals surface area contributed by atoms with Crippen LogP contribution < -0.4 is 5.32 Å². The number of aromatic nitrogens is 5. The van der Waals surface area contributed by atoms with Crippen LogP contribution >= 0.6 is 11.3 Å². The maximum absolute atomic E-state index is 12.8. The van der Waals surface area contributed by atoms with Crippen molar-refractivity contribution in [2.75, 3.05) is 5.32 Å². The van der Waals surface area contributed by atoms with E-state index in [9.17, 15) is 4.79 Å². The minimum Gasteiger partial charge on any atom is -0.339 e. The first-order valence-electron chi connectivity index (χ1n) is 9.61. The van der Waals surface area contributed by atoms with Gasteiger partial charge in [-0.2, -0.15) is 0 Å². The minimum atomic E-state index is -0.184. The standard InChI is InChI=1S/C22H22N6OS/c1-16(2)28-15-24-12-19(28)6-5-18-14-30-22(25-18)26-21(29)20-4-3-11-27(20)13-17-7-9-23-10-8-17/h3-12,14-16H,13H2,1-2H3,(H,25,26,29)/b6-5+. The molecule has 0 atom stereocenters. The Labute approximate surface area is 178 Å². The molecule has 0 aromatic carbocycles. The first-order chi connectivity index (χ1) is 14.6. The number of imidazole rings is 1. The topological polar surface area (TPSA) is 77.6 Å². The van der Waals surface area contributed by atoms with E-state index in [0.29, 0.717) is 23.4 Å². The van der Waals surface area contributed by atoms with Crippen molar-refractivity contribution < 1.29 is 4.79 Å². The highest BCUT2D eigenvalue weighted by molar-refractivity contribution is 7.14. The fourth-order valence-electron chi connectivity index (χ4n) is 3.07. The Hall–Kier alpha value is -3.52. The Bertz CT molecular complexity index is 1160. The number of rotatable bonds is 7. The summed E-state index contributed by atoms with van der Waals surface area (Å²) in [5, 5.41) is 5.38. The summed E-state index contributed by atoms with van der Waals surface area (Å²) in [5.41, 5.74) is 3.47. The second-order valence-electron chi connectivity index (χ2n) is 7.06. The first kappa shape index (κ1) is 19.8. The molecule has 30 heavy (non-hydrogen) atoms. The summed E-state index contributed by atoms with van der Waals surface area (Å²) < 4.78 is 3.99. The van der Waals surface area contributed by atoms with Gasteiger partial charge < -0.3 is 9.13 Å². The molecule has 0 radical (unpaired) electrons. The number of anilines is 1. The van der Waals surface area contributed by atoms with E-state index in [0.717, 1.165) is 17.0 Å². The summed E-state index contributed by atoms with van der Waals surface area (Å²) in [6.45, 7) is 4.83. The smallest absolute Gasteiger partial charge is 0.274 e. The summed E-state index contributed by atoms with van der Waals surface area (Å²) in [6, 6.07) is 7.88. The van der Waals surface area contributed by atoms with Gasteiger partial charge in [-0.05, 0) is 55.8 Å². The molecule has 0 saturated carbocycles. The number of nitrogens with one attached hydrogen (secondary N) is 1. The third-order valence-electron chi connectivity index (χ3n) is 4.58. The zero-order valence-electron chi connectivity index (χ0n) is 16.8. The maximum atomic E-state index is 12.8. The molecule has 0 saturated heterocycles. The number of thiazole rings is 1. The van der Waals surface area contributed by atoms with E-state index in [1.807, 2.05) is 59.0 Å². The number of hydrogen-bond donors (Lipinski definition) is 1. The van der Waals surface area contributed by atoms with Crippen LogP contribution in [0, 0.1) is 0 Å². The van der Waals surface area contributed by atoms with Gasteiger partial charge in [-0.15, -0.1) is 11.3 Å². The second kappa shape index (κ2) is 8.87. The van der Waals surface area contributed by atoms with Gasteiger partial charge in [0, 0.05) is 36.6 Å². The Morgan fingerprint density at radius 3 is 2.83 bits per heavy atom. The van der Waals surface area contributed by atoms with Crippen LogP contribution in [0.4, 0.5) is 5.13 Å². The highest BCUT2D eigenvalue weighted by Gasteiger charge is 2.13. The third-order valence-corrected chi connectivity index (χ3v) is 5.36. The summed E-state index contributed by atoms with van der Waals surface area (Å²) in [7, 11) is 0. The molecule has 1 N–H and O–H groups in total. The lowest BCUT2D eigenvalue weighted by Crippen LogP contribution is -2.17. The van der Waals surface area contributed by atoms with Crippen molar-refractivity contribution in [1.82, 2.24) is 24.1 Å². The molecule has 0 aliphatic carbocycles. The van der Waals surface area contributed by atoms with Crippen molar-refractivity contribution in [3.63, 3.8) is 0 Å². The number of hydrogen-bond acceptors (Lipinski definition) is 5. The van der Waals surface area contributed by atoms with Crippen LogP contribution in [0.15, 0.2) is 60.8 Å². The van der Waals surface area contributed by atoms with Crippen molar-refractivity contribution in [2.24, 2.45) is 0 Å². The van der Waals surface area contributed by atoms with Gasteiger partial charge in [0.25, 0.3) is 5.91 Å². The van der Waals surface area contributed by atoms with E-state index in [1.54, 1.807) is 18.5 Å². The van der Waals surface area contributed by atoms with Crippen molar-refractivity contribution in [3.8, 4) is 0 Å². The van der Waals surface area contributed by atoms with Gasteiger partial charge in [0.05, 0.1) is 23.9 Å². The quantitative estimate of drug-likeness (QED) is 0.476. The molecule has 0 aliphatic rings. The highest BCUT2D eigenvalue weighted by atomic mass is 32.1. The maximum Gasteiger partial charge on any atom is 0.274 e. The van der Waals surface area contributed by atoms with Crippen LogP contribution in [0.2, 0.25) is 0 Å². The van der Waals surface area contributed by atoms with E-state index in [4.69, 9.17) is 0 Å². The second-order valence-corrected chi connectivity index (χ2v) is 7.92. The molecule has 8 heteroatoms. The summed E-state index contributed by atoms with van der Waals surface area (Å²) in [5.74, 6) is -0.184. The molecule has 0 unspecified atom stereocenters. The molecule has 1 amide bonds. The lowest BCUT2D eigenvalue weighted by Gasteiger charge is -2.08. The van der Waals surface area contributed by atoms with E-state index >= 15 is 0 Å². The number of nitrogens with zero attached hydrogens (tertiary/aromatic N) is 5. The summed E-state index contributed by atoms with van der Waals surface area (Å²) >= 11 is 1.40. The average molecular weight is 419 g/mol. The molecule has 0 aliphatic heterocycles. The lowest BCUT2D eigenvalue weighted by molar-refractivity contribution is 0.101. The van der Waals surface area contributed by atoms with Gasteiger partial charge in [-0.25, -0.2) is 9.97 Å². The Morgan fingerprint density at radius 2 is 2.03 bits per heavy atom. The van der Waals surface area contributed by atoms with Crippen LogP contribution in [-0.4, -0.2) is 30.0 Å². The fourth-order valence-corrected chi connectivity index (χ4v) is 3.74. The normalized spacial score (nSPS) is 11.4. The van der Waals surface area contributed by atoms with E-state index in [-0.39, 0.29) is 5.91 Å². The molecule has 7 nitrogen and oxygen atoms in total. The molecule has 152 valence electrons. The van der Waals surface area contributed by atoms with Crippen LogP contribution in [0.1, 0.15) is 47.3 Å². The monoisotopic (exact) mass is 418 g/mol. The van der Waals surface area contributed by atoms with Crippen molar-refractivity contribution in [2.45, 2.75) is 26.4 Å². The first-order valence-corrected chi connectivity index (χ1v) is 10.5. The number of amides is 1. The minimum absolute atomic E-state index is 0.184. The van der Waals surface area contributed by atoms with Gasteiger partial charge in [0.2, 0.25) is 0 Å². The molecule has 4 aromatic rings. The van der Waals surface area contributed by atoms with E-state index in [1.165, 1.54) is 11.3 Å². The van der Waals surface area contributed by atoms with Crippen LogP contribution in [0.25, 0.3) is 12.2 Å². The van der Waals surface area contributed by atoms with Crippen molar-refractivity contribution in [1.29, 1.82) is 0 Å². The molecule has 0 fully saturated rings. The number of carbonyl (C=O) groups excluding carboxylic acids is 1. The predicted molar refractivity (Wildman–Crippen MR) is 119 cm³/mol. The zero-order valence-corrected chi connectivity index (χ0v) is 17.6. The Balaban J connectivity index is 1.43. The van der Waals surface area contributed by atoms with Crippen LogP contribution in [0.3, 0.4) is 0 Å². The van der Waals surface area contributed by atoms with Gasteiger partial charge in [-0.1, -0.05) is 0 Å². The van der Waals surface area contributed by atoms with Crippen molar-refractivity contribution >= 4 is 34.5 Å². The number of carbonyl (C=O) groups is 1. The molecule has 4 rings (SSSR count). The molecule has 4 heterocycles. The largest absolute Gasteiger partial charge is 0.339 e. The van der Waals surface area contributed by atoms with Gasteiger partial charge in [-0.3, -0.25) is 15.1 Å². The SMILES string of the molecule is CC(C)n1cncc1/C=C/c1csc(NC(=O)c2cccn2Cc2ccncc2)n1. The van der Waals surface area contributed by atoms with Gasteiger partial charge >= 0.3 is 0 Å². The van der Waals surface area contributed by atoms with Gasteiger partial charge in [0.1, 0.15) is 5.69 Å². The molecule has 0 spiro atoms. The molecule has 0 bridgehead atoms. The van der Waals surface area contributed by atoms with Gasteiger partial charge in [0.15, 0.2) is 5.13 Å². The Kier molecular flexibility index (Phi) is 5.85. The molecular formula is C22H22N6OS. The molecular weight excluding hydrogens is 396 g/mol. The fraction of sp³-hybridized carbons (Fsp3) is 0.182. The summed E-state index contributed by atoms with van der Waals surface area (Å²) in [4.78, 5) is 25.5. The van der Waals surface area contributed by atoms with E-state index in [2.05, 4.69) is 38.7 Å². The number of pyridine rings is 1. The molecule has 4 aromatic heterocycles. The van der Waals surface area contributed by atoms with E-state index < -0.39 is 0 Å².